The summed E-state index contributed by atoms with van der Waals surface area (Å²) in [5.41, 5.74) is 6.13. The van der Waals surface area contributed by atoms with Gasteiger partial charge < -0.3 is 15.9 Å². The highest BCUT2D eigenvalue weighted by Crippen LogP contribution is 2.40. The molecule has 0 saturated heterocycles. The smallest absolute Gasteiger partial charge is 0.121 e. The molecule has 15 heavy (non-hydrogen) atoms. The predicted octanol–water partition coefficient (Wildman–Crippen LogP) is 1.70. The summed E-state index contributed by atoms with van der Waals surface area (Å²) >= 11 is 0. The lowest BCUT2D eigenvalue weighted by atomic mass is 9.87. The van der Waals surface area contributed by atoms with Crippen LogP contribution in [-0.4, -0.2) is 15.8 Å². The third-order valence-electron chi connectivity index (χ3n) is 3.31. The Kier molecular flexibility index (Phi) is 2.67. The highest BCUT2D eigenvalue weighted by Gasteiger charge is 2.38. The fourth-order valence-electron chi connectivity index (χ4n) is 2.34. The van der Waals surface area contributed by atoms with Crippen molar-refractivity contribution in [1.82, 2.24) is 0 Å². The van der Waals surface area contributed by atoms with Crippen LogP contribution in [0.25, 0.3) is 0 Å². The van der Waals surface area contributed by atoms with Crippen molar-refractivity contribution >= 4 is 0 Å². The van der Waals surface area contributed by atoms with E-state index in [-0.39, 0.29) is 5.75 Å². The minimum absolute atomic E-state index is 0.127. The van der Waals surface area contributed by atoms with E-state index >= 15 is 0 Å². The van der Waals surface area contributed by atoms with Crippen LogP contribution in [0.5, 0.6) is 5.75 Å². The summed E-state index contributed by atoms with van der Waals surface area (Å²) in [6.45, 7) is 0. The summed E-state index contributed by atoms with van der Waals surface area (Å²) in [5, 5.41) is 19.8. The SMILES string of the molecule is NC1(C(O)c2ccccc2O)CCCC1. The average molecular weight is 207 g/mol. The zero-order valence-electron chi connectivity index (χ0n) is 8.69. The Morgan fingerprint density at radius 1 is 1.20 bits per heavy atom. The Hall–Kier alpha value is -1.06. The summed E-state index contributed by atoms with van der Waals surface area (Å²) in [5.74, 6) is 0.127. The number of hydrogen-bond acceptors (Lipinski definition) is 3. The zero-order valence-corrected chi connectivity index (χ0v) is 8.69. The summed E-state index contributed by atoms with van der Waals surface area (Å²) in [6.07, 6.45) is 2.99. The fourth-order valence-corrected chi connectivity index (χ4v) is 2.34. The Balaban J connectivity index is 2.27. The first-order valence-corrected chi connectivity index (χ1v) is 5.38. The summed E-state index contributed by atoms with van der Waals surface area (Å²) < 4.78 is 0. The average Bonchev–Trinajstić information content (AvgIpc) is 2.66. The molecule has 4 N–H and O–H groups in total. The number of para-hydroxylation sites is 1. The maximum absolute atomic E-state index is 10.2. The van der Waals surface area contributed by atoms with Crippen molar-refractivity contribution < 1.29 is 10.2 Å². The summed E-state index contributed by atoms with van der Waals surface area (Å²) in [7, 11) is 0. The number of benzene rings is 1. The van der Waals surface area contributed by atoms with Gasteiger partial charge >= 0.3 is 0 Å². The number of aliphatic hydroxyl groups excluding tert-OH is 1. The van der Waals surface area contributed by atoms with Gasteiger partial charge in [-0.1, -0.05) is 31.0 Å². The van der Waals surface area contributed by atoms with Gasteiger partial charge in [0.1, 0.15) is 11.9 Å². The van der Waals surface area contributed by atoms with Gasteiger partial charge in [0.25, 0.3) is 0 Å². The first-order valence-electron chi connectivity index (χ1n) is 5.38. The van der Waals surface area contributed by atoms with E-state index in [1.807, 2.05) is 0 Å². The summed E-state index contributed by atoms with van der Waals surface area (Å²) in [6, 6.07) is 6.85. The Labute approximate surface area is 89.5 Å². The van der Waals surface area contributed by atoms with Crippen LogP contribution < -0.4 is 5.73 Å². The van der Waals surface area contributed by atoms with Crippen molar-refractivity contribution in [3.8, 4) is 5.75 Å². The lowest BCUT2D eigenvalue weighted by Crippen LogP contribution is -2.43. The number of aliphatic hydroxyl groups is 1. The number of aromatic hydroxyl groups is 1. The van der Waals surface area contributed by atoms with Crippen LogP contribution in [0.4, 0.5) is 0 Å². The van der Waals surface area contributed by atoms with Gasteiger partial charge in [0.15, 0.2) is 0 Å². The maximum Gasteiger partial charge on any atom is 0.121 e. The number of phenolic OH excluding ortho intramolecular Hbond substituents is 1. The van der Waals surface area contributed by atoms with E-state index in [9.17, 15) is 10.2 Å². The molecular formula is C12H17NO2. The monoisotopic (exact) mass is 207 g/mol. The molecule has 1 atom stereocenters. The second-order valence-corrected chi connectivity index (χ2v) is 4.40. The van der Waals surface area contributed by atoms with E-state index in [0.717, 1.165) is 25.7 Å². The zero-order chi connectivity index (χ0) is 10.9. The highest BCUT2D eigenvalue weighted by molar-refractivity contribution is 5.35. The van der Waals surface area contributed by atoms with Crippen LogP contribution in [-0.2, 0) is 0 Å². The van der Waals surface area contributed by atoms with Crippen molar-refractivity contribution in [3.05, 3.63) is 29.8 Å². The molecule has 1 aromatic carbocycles. The molecule has 82 valence electrons. The van der Waals surface area contributed by atoms with E-state index in [1.54, 1.807) is 24.3 Å². The van der Waals surface area contributed by atoms with Crippen LogP contribution in [0.1, 0.15) is 37.4 Å². The first kappa shape index (κ1) is 10.5. The largest absolute Gasteiger partial charge is 0.508 e. The van der Waals surface area contributed by atoms with Gasteiger partial charge in [0.2, 0.25) is 0 Å². The van der Waals surface area contributed by atoms with Crippen molar-refractivity contribution in [3.63, 3.8) is 0 Å². The Bertz CT molecular complexity index is 345. The Morgan fingerprint density at radius 2 is 1.80 bits per heavy atom. The van der Waals surface area contributed by atoms with Gasteiger partial charge in [0.05, 0.1) is 0 Å². The lowest BCUT2D eigenvalue weighted by Gasteiger charge is -2.30. The molecule has 2 rings (SSSR count). The number of hydrogen-bond donors (Lipinski definition) is 3. The molecule has 0 radical (unpaired) electrons. The van der Waals surface area contributed by atoms with Crippen LogP contribution >= 0.6 is 0 Å². The lowest BCUT2D eigenvalue weighted by molar-refractivity contribution is 0.0848. The quantitative estimate of drug-likeness (QED) is 0.691. The van der Waals surface area contributed by atoms with Crippen LogP contribution in [0.15, 0.2) is 24.3 Å². The van der Waals surface area contributed by atoms with E-state index in [4.69, 9.17) is 5.73 Å². The molecule has 0 aromatic heterocycles. The first-order chi connectivity index (χ1) is 7.13. The second-order valence-electron chi connectivity index (χ2n) is 4.40. The number of phenols is 1. The number of nitrogens with two attached hydrogens (primary N) is 1. The molecule has 1 saturated carbocycles. The molecule has 0 spiro atoms. The van der Waals surface area contributed by atoms with E-state index < -0.39 is 11.6 Å². The van der Waals surface area contributed by atoms with E-state index in [0.29, 0.717) is 5.56 Å². The standard InChI is InChI=1S/C12H17NO2/c13-12(7-3-4-8-12)11(15)9-5-1-2-6-10(9)14/h1-2,5-6,11,14-15H,3-4,7-8,13H2. The topological polar surface area (TPSA) is 66.5 Å². The fraction of sp³-hybridized carbons (Fsp3) is 0.500. The minimum atomic E-state index is -0.763. The Morgan fingerprint density at radius 3 is 2.40 bits per heavy atom. The number of rotatable bonds is 2. The second kappa shape index (κ2) is 3.83. The molecule has 0 heterocycles. The van der Waals surface area contributed by atoms with Crippen molar-refractivity contribution in [1.29, 1.82) is 0 Å². The molecule has 3 nitrogen and oxygen atoms in total. The van der Waals surface area contributed by atoms with Crippen molar-refractivity contribution in [2.24, 2.45) is 5.73 Å². The van der Waals surface area contributed by atoms with Crippen molar-refractivity contribution in [2.75, 3.05) is 0 Å². The van der Waals surface area contributed by atoms with Gasteiger partial charge in [-0.05, 0) is 18.9 Å². The third-order valence-corrected chi connectivity index (χ3v) is 3.31. The van der Waals surface area contributed by atoms with Crippen LogP contribution in [0, 0.1) is 0 Å². The third kappa shape index (κ3) is 1.85. The molecule has 0 amide bonds. The van der Waals surface area contributed by atoms with E-state index in [1.165, 1.54) is 0 Å². The molecule has 1 unspecified atom stereocenters. The predicted molar refractivity (Wildman–Crippen MR) is 58.5 cm³/mol. The molecule has 1 fully saturated rings. The van der Waals surface area contributed by atoms with Gasteiger partial charge in [-0.25, -0.2) is 0 Å². The van der Waals surface area contributed by atoms with Crippen LogP contribution in [0.3, 0.4) is 0 Å². The van der Waals surface area contributed by atoms with Crippen molar-refractivity contribution in [2.45, 2.75) is 37.3 Å². The van der Waals surface area contributed by atoms with Gasteiger partial charge in [-0.15, -0.1) is 0 Å². The molecule has 1 aliphatic carbocycles. The molecule has 3 heteroatoms. The van der Waals surface area contributed by atoms with E-state index in [2.05, 4.69) is 0 Å². The van der Waals surface area contributed by atoms with Crippen LogP contribution in [0.2, 0.25) is 0 Å². The molecule has 1 aliphatic rings. The minimum Gasteiger partial charge on any atom is -0.508 e. The molecular weight excluding hydrogens is 190 g/mol. The van der Waals surface area contributed by atoms with Gasteiger partial charge in [-0.2, -0.15) is 0 Å². The maximum atomic E-state index is 10.2. The molecule has 0 bridgehead atoms. The van der Waals surface area contributed by atoms with Gasteiger partial charge in [-0.3, -0.25) is 0 Å². The highest BCUT2D eigenvalue weighted by atomic mass is 16.3. The molecule has 0 aliphatic heterocycles. The summed E-state index contributed by atoms with van der Waals surface area (Å²) in [4.78, 5) is 0. The molecule has 1 aromatic rings. The normalized spacial score (nSPS) is 21.5. The van der Waals surface area contributed by atoms with Gasteiger partial charge in [0, 0.05) is 11.1 Å².